The molecular formula is C50H58N2O2S6. The van der Waals surface area contributed by atoms with Crippen LogP contribution in [-0.4, -0.2) is 11.8 Å². The van der Waals surface area contributed by atoms with Crippen LogP contribution in [0, 0.1) is 0 Å². The molecule has 0 spiro atoms. The van der Waals surface area contributed by atoms with Crippen molar-refractivity contribution in [3.05, 3.63) is 102 Å². The molecular weight excluding hydrogens is 853 g/mol. The van der Waals surface area contributed by atoms with Crippen LogP contribution in [0.5, 0.6) is 0 Å². The summed E-state index contributed by atoms with van der Waals surface area (Å²) >= 11 is 10.8. The van der Waals surface area contributed by atoms with E-state index >= 15 is 0 Å². The van der Waals surface area contributed by atoms with Gasteiger partial charge in [0.05, 0.1) is 32.3 Å². The monoisotopic (exact) mass is 910 g/mol. The summed E-state index contributed by atoms with van der Waals surface area (Å²) in [7, 11) is 0. The van der Waals surface area contributed by atoms with E-state index in [-0.39, 0.29) is 11.8 Å². The number of carbonyl (C=O) groups is 2. The Kier molecular flexibility index (Phi) is 15.7. The summed E-state index contributed by atoms with van der Waals surface area (Å²) in [4.78, 5) is 40.2. The summed E-state index contributed by atoms with van der Waals surface area (Å²) in [5.41, 5.74) is 7.71. The van der Waals surface area contributed by atoms with Gasteiger partial charge in [-0.05, 0) is 126 Å². The van der Waals surface area contributed by atoms with Gasteiger partial charge < -0.3 is 10.6 Å². The number of amides is 2. The van der Waals surface area contributed by atoms with Crippen LogP contribution in [-0.2, 0) is 35.3 Å². The summed E-state index contributed by atoms with van der Waals surface area (Å²) in [5.74, 6) is -0.405. The lowest BCUT2D eigenvalue weighted by Crippen LogP contribution is -2.20. The number of nitrogens with one attached hydrogen (secondary N) is 2. The van der Waals surface area contributed by atoms with Gasteiger partial charge in [0, 0.05) is 39.0 Å². The lowest BCUT2D eigenvalue weighted by Gasteiger charge is -2.04. The van der Waals surface area contributed by atoms with Gasteiger partial charge in [-0.15, -0.1) is 68.0 Å². The lowest BCUT2D eigenvalue weighted by atomic mass is 10.0. The largest absolute Gasteiger partial charge is 0.320 e. The van der Waals surface area contributed by atoms with Crippen molar-refractivity contribution in [3.63, 3.8) is 0 Å². The Morgan fingerprint density at radius 3 is 1.27 bits per heavy atom. The van der Waals surface area contributed by atoms with Crippen molar-refractivity contribution < 1.29 is 9.59 Å². The summed E-state index contributed by atoms with van der Waals surface area (Å²) < 4.78 is 0. The molecule has 0 unspecified atom stereocenters. The number of hydrogen-bond acceptors (Lipinski definition) is 8. The molecule has 0 aromatic carbocycles. The number of unbranched alkanes of at least 4 members (excludes halogenated alkanes) is 5. The molecule has 6 aromatic heterocycles. The topological polar surface area (TPSA) is 58.2 Å². The third kappa shape index (κ3) is 9.64. The van der Waals surface area contributed by atoms with E-state index in [2.05, 4.69) is 111 Å². The smallest absolute Gasteiger partial charge is 0.258 e. The van der Waals surface area contributed by atoms with Gasteiger partial charge in [-0.1, -0.05) is 86.5 Å². The number of fused-ring (bicyclic) bond motifs is 1. The predicted molar refractivity (Wildman–Crippen MR) is 267 cm³/mol. The third-order valence-corrected chi connectivity index (χ3v) is 18.0. The molecule has 2 aliphatic heterocycles. The second-order valence-corrected chi connectivity index (χ2v) is 21.8. The highest BCUT2D eigenvalue weighted by Crippen LogP contribution is 2.49. The maximum Gasteiger partial charge on any atom is 0.258 e. The van der Waals surface area contributed by atoms with Gasteiger partial charge in [0.25, 0.3) is 11.8 Å². The van der Waals surface area contributed by atoms with Crippen LogP contribution in [0.15, 0.2) is 70.4 Å². The van der Waals surface area contributed by atoms with Gasteiger partial charge in [0.2, 0.25) is 0 Å². The minimum absolute atomic E-state index is 0.203. The number of thiophene rings is 6. The van der Waals surface area contributed by atoms with Gasteiger partial charge in [0.1, 0.15) is 0 Å². The zero-order valence-electron chi connectivity index (χ0n) is 35.9. The summed E-state index contributed by atoms with van der Waals surface area (Å²) in [6, 6.07) is 18.1. The van der Waals surface area contributed by atoms with E-state index in [4.69, 9.17) is 0 Å². The molecule has 8 heterocycles. The third-order valence-electron chi connectivity index (χ3n) is 10.8. The van der Waals surface area contributed by atoms with Crippen LogP contribution >= 0.6 is 68.0 Å². The molecule has 316 valence electrons. The van der Waals surface area contributed by atoms with Gasteiger partial charge in [-0.2, -0.15) is 0 Å². The van der Waals surface area contributed by atoms with E-state index in [1.54, 1.807) is 22.7 Å². The molecule has 0 saturated heterocycles. The molecule has 2 amide bonds. The molecule has 4 nitrogen and oxygen atoms in total. The molecule has 0 aliphatic carbocycles. The fourth-order valence-electron chi connectivity index (χ4n) is 7.85. The van der Waals surface area contributed by atoms with E-state index in [0.717, 1.165) is 48.3 Å². The summed E-state index contributed by atoms with van der Waals surface area (Å²) in [6.45, 7) is 13.2. The number of hydrogen-bond donors (Lipinski definition) is 2. The first-order chi connectivity index (χ1) is 29.3. The van der Waals surface area contributed by atoms with E-state index in [9.17, 15) is 9.59 Å². The molecule has 2 N–H and O–H groups in total. The SMILES string of the molecule is CCC.CCCCCCc1cc(C2=C3C(=O)NC(c4cc(CCC)c(-c5ccc(-c6sccc6CCCC)s5)s4)=C3C(=O)N2)sc1-c1ccc(-c2sccc2CCCC)s1. The van der Waals surface area contributed by atoms with Crippen molar-refractivity contribution in [2.24, 2.45) is 0 Å². The Balaban J connectivity index is 0.00000176. The Morgan fingerprint density at radius 2 is 0.833 bits per heavy atom. The number of rotatable bonds is 19. The summed E-state index contributed by atoms with van der Waals surface area (Å²) in [6.07, 6.45) is 15.9. The van der Waals surface area contributed by atoms with Gasteiger partial charge in [0.15, 0.2) is 0 Å². The molecule has 0 saturated carbocycles. The molecule has 60 heavy (non-hydrogen) atoms. The van der Waals surface area contributed by atoms with Crippen LogP contribution in [0.1, 0.15) is 138 Å². The summed E-state index contributed by atoms with van der Waals surface area (Å²) in [5, 5.41) is 10.8. The average molecular weight is 911 g/mol. The quantitative estimate of drug-likeness (QED) is 0.0796. The maximum atomic E-state index is 14.0. The van der Waals surface area contributed by atoms with E-state index in [1.165, 1.54) is 113 Å². The normalized spacial score (nSPS) is 13.6. The second-order valence-electron chi connectivity index (χ2n) is 15.7. The van der Waals surface area contributed by atoms with Gasteiger partial charge in [-0.3, -0.25) is 9.59 Å². The molecule has 10 heteroatoms. The molecule has 0 fully saturated rings. The first-order valence-electron chi connectivity index (χ1n) is 22.0. The highest BCUT2D eigenvalue weighted by molar-refractivity contribution is 7.27. The fourth-order valence-corrected chi connectivity index (χ4v) is 14.8. The molecule has 8 rings (SSSR count). The number of carbonyl (C=O) groups excluding carboxylic acids is 2. The molecule has 0 radical (unpaired) electrons. The Morgan fingerprint density at radius 1 is 0.417 bits per heavy atom. The van der Waals surface area contributed by atoms with Crippen molar-refractivity contribution in [1.82, 2.24) is 10.6 Å². The Hall–Kier alpha value is -3.38. The molecule has 0 bridgehead atoms. The fraction of sp³-hybridized carbons (Fsp3) is 0.400. The van der Waals surface area contributed by atoms with Crippen LogP contribution < -0.4 is 10.6 Å². The average Bonchev–Trinajstić information content (AvgIpc) is 4.09. The zero-order valence-corrected chi connectivity index (χ0v) is 40.8. The zero-order chi connectivity index (χ0) is 42.2. The van der Waals surface area contributed by atoms with Crippen LogP contribution in [0.25, 0.3) is 50.4 Å². The van der Waals surface area contributed by atoms with Crippen LogP contribution in [0.2, 0.25) is 0 Å². The second kappa shape index (κ2) is 21.1. The highest BCUT2D eigenvalue weighted by Gasteiger charge is 2.42. The maximum absolute atomic E-state index is 14.0. The van der Waals surface area contributed by atoms with Crippen LogP contribution in [0.3, 0.4) is 0 Å². The standard InChI is InChI=1S/C47H50N2O2S6.C3H8/c1-5-9-12-13-17-31-27-37(57-45(31)35-21-19-33(55-35)43-29(16-11-7-3)23-25-53-43)41-39-38(46(50)49-41)40(48-47(39)51)36-26-30(14-8-4)44(56-36)34-20-18-32(54-34)42-28(15-10-6-2)22-24-52-42;1-3-2/h18-27H,5-17H2,1-4H3,(H,48,51)(H,49,50);3H2,1-2H3. The first-order valence-corrected chi connectivity index (χ1v) is 27.1. The predicted octanol–water partition coefficient (Wildman–Crippen LogP) is 16.3. The minimum Gasteiger partial charge on any atom is -0.320 e. The number of aryl methyl sites for hydroxylation is 4. The minimum atomic E-state index is -0.203. The van der Waals surface area contributed by atoms with E-state index < -0.39 is 0 Å². The van der Waals surface area contributed by atoms with Crippen molar-refractivity contribution in [1.29, 1.82) is 0 Å². The van der Waals surface area contributed by atoms with Crippen LogP contribution in [0.4, 0.5) is 0 Å². The van der Waals surface area contributed by atoms with Gasteiger partial charge in [-0.25, -0.2) is 0 Å². The Labute approximate surface area is 381 Å². The van der Waals surface area contributed by atoms with E-state index in [1.807, 2.05) is 45.3 Å². The van der Waals surface area contributed by atoms with Crippen molar-refractivity contribution in [2.45, 2.75) is 131 Å². The molecule has 0 atom stereocenters. The lowest BCUT2D eigenvalue weighted by molar-refractivity contribution is -0.117. The van der Waals surface area contributed by atoms with Crippen molar-refractivity contribution >= 4 is 91.2 Å². The van der Waals surface area contributed by atoms with Crippen molar-refractivity contribution in [2.75, 3.05) is 0 Å². The van der Waals surface area contributed by atoms with Crippen molar-refractivity contribution in [3.8, 4) is 39.0 Å². The Bertz CT molecular complexity index is 2470. The highest BCUT2D eigenvalue weighted by atomic mass is 32.1. The first kappa shape index (κ1) is 44.7. The molecule has 6 aromatic rings. The van der Waals surface area contributed by atoms with Gasteiger partial charge >= 0.3 is 0 Å². The van der Waals surface area contributed by atoms with E-state index in [0.29, 0.717) is 22.5 Å². The molecule has 2 aliphatic rings.